The third-order valence-corrected chi connectivity index (χ3v) is 4.52. The van der Waals surface area contributed by atoms with Crippen molar-refractivity contribution in [1.29, 1.82) is 0 Å². The molecule has 4 nitrogen and oxygen atoms in total. The summed E-state index contributed by atoms with van der Waals surface area (Å²) in [6, 6.07) is 5.27. The molecule has 1 saturated heterocycles. The van der Waals surface area contributed by atoms with Crippen LogP contribution >= 0.6 is 11.6 Å². The molecule has 0 saturated carbocycles. The SMILES string of the molecule is Nc1cc(Cl)ccc1N1CCS(=O)(=O)CC1. The van der Waals surface area contributed by atoms with Crippen LogP contribution in [0.25, 0.3) is 0 Å². The van der Waals surface area contributed by atoms with Crippen LogP contribution in [-0.2, 0) is 9.84 Å². The van der Waals surface area contributed by atoms with Crippen molar-refractivity contribution >= 4 is 32.8 Å². The molecule has 0 atom stereocenters. The first-order valence-corrected chi connectivity index (χ1v) is 7.18. The average molecular weight is 261 g/mol. The highest BCUT2D eigenvalue weighted by Crippen LogP contribution is 2.27. The number of hydrogen-bond donors (Lipinski definition) is 1. The number of anilines is 2. The molecule has 6 heteroatoms. The minimum Gasteiger partial charge on any atom is -0.397 e. The van der Waals surface area contributed by atoms with Crippen molar-refractivity contribution in [3.05, 3.63) is 23.2 Å². The first-order valence-electron chi connectivity index (χ1n) is 4.98. The highest BCUT2D eigenvalue weighted by molar-refractivity contribution is 7.91. The third kappa shape index (κ3) is 2.41. The van der Waals surface area contributed by atoms with Crippen molar-refractivity contribution in [1.82, 2.24) is 0 Å². The Morgan fingerprint density at radius 1 is 1.25 bits per heavy atom. The average Bonchev–Trinajstić information content (AvgIpc) is 2.19. The van der Waals surface area contributed by atoms with Crippen LogP contribution in [0.4, 0.5) is 11.4 Å². The van der Waals surface area contributed by atoms with Gasteiger partial charge in [-0.25, -0.2) is 8.42 Å². The van der Waals surface area contributed by atoms with Gasteiger partial charge in [0.15, 0.2) is 9.84 Å². The maximum atomic E-state index is 11.3. The molecule has 0 unspecified atom stereocenters. The Morgan fingerprint density at radius 2 is 1.88 bits per heavy atom. The van der Waals surface area contributed by atoms with Crippen molar-refractivity contribution in [2.75, 3.05) is 35.2 Å². The number of sulfone groups is 1. The molecule has 1 aliphatic heterocycles. The lowest BCUT2D eigenvalue weighted by Gasteiger charge is -2.29. The molecule has 0 radical (unpaired) electrons. The Labute approximate surface area is 99.9 Å². The lowest BCUT2D eigenvalue weighted by Crippen LogP contribution is -2.40. The van der Waals surface area contributed by atoms with E-state index in [1.807, 2.05) is 11.0 Å². The molecule has 1 aliphatic rings. The Hall–Kier alpha value is -0.940. The van der Waals surface area contributed by atoms with Gasteiger partial charge in [-0.3, -0.25) is 0 Å². The summed E-state index contributed by atoms with van der Waals surface area (Å²) in [5, 5.41) is 0.589. The molecule has 1 aromatic carbocycles. The summed E-state index contributed by atoms with van der Waals surface area (Å²) in [5.41, 5.74) is 7.29. The number of nitrogens with two attached hydrogens (primary N) is 1. The summed E-state index contributed by atoms with van der Waals surface area (Å²) in [6.45, 7) is 0.988. The van der Waals surface area contributed by atoms with Gasteiger partial charge in [0, 0.05) is 18.1 Å². The number of nitrogens with zero attached hydrogens (tertiary/aromatic N) is 1. The van der Waals surface area contributed by atoms with Gasteiger partial charge >= 0.3 is 0 Å². The van der Waals surface area contributed by atoms with Crippen molar-refractivity contribution < 1.29 is 8.42 Å². The first kappa shape index (κ1) is 11.5. The Kier molecular flexibility index (Phi) is 2.99. The number of benzene rings is 1. The maximum absolute atomic E-state index is 11.3. The minimum absolute atomic E-state index is 0.190. The molecule has 2 rings (SSSR count). The maximum Gasteiger partial charge on any atom is 0.153 e. The van der Waals surface area contributed by atoms with Crippen LogP contribution in [0.1, 0.15) is 0 Å². The number of rotatable bonds is 1. The molecule has 1 aromatic rings. The predicted molar refractivity (Wildman–Crippen MR) is 66.7 cm³/mol. The fourth-order valence-corrected chi connectivity index (χ4v) is 3.15. The molecule has 2 N–H and O–H groups in total. The van der Waals surface area contributed by atoms with Crippen molar-refractivity contribution in [3.63, 3.8) is 0 Å². The van der Waals surface area contributed by atoms with Gasteiger partial charge in [-0.2, -0.15) is 0 Å². The normalized spacial score (nSPS) is 19.7. The number of nitrogen functional groups attached to an aromatic ring is 1. The highest BCUT2D eigenvalue weighted by atomic mass is 35.5. The molecule has 0 bridgehead atoms. The van der Waals surface area contributed by atoms with Gasteiger partial charge in [0.25, 0.3) is 0 Å². The van der Waals surface area contributed by atoms with Crippen LogP contribution in [0.2, 0.25) is 5.02 Å². The van der Waals surface area contributed by atoms with E-state index >= 15 is 0 Å². The molecular formula is C10H13ClN2O2S. The molecule has 88 valence electrons. The third-order valence-electron chi connectivity index (χ3n) is 2.67. The second kappa shape index (κ2) is 4.14. The van der Waals surface area contributed by atoms with Crippen LogP contribution in [0.5, 0.6) is 0 Å². The minimum atomic E-state index is -2.85. The zero-order chi connectivity index (χ0) is 11.8. The van der Waals surface area contributed by atoms with Crippen LogP contribution in [0.15, 0.2) is 18.2 Å². The lowest BCUT2D eigenvalue weighted by molar-refractivity contribution is 0.587. The van der Waals surface area contributed by atoms with Gasteiger partial charge < -0.3 is 10.6 Å². The van der Waals surface area contributed by atoms with Crippen LogP contribution in [-0.4, -0.2) is 33.0 Å². The second-order valence-electron chi connectivity index (χ2n) is 3.84. The van der Waals surface area contributed by atoms with E-state index in [2.05, 4.69) is 0 Å². The zero-order valence-electron chi connectivity index (χ0n) is 8.69. The van der Waals surface area contributed by atoms with E-state index in [-0.39, 0.29) is 11.5 Å². The highest BCUT2D eigenvalue weighted by Gasteiger charge is 2.22. The van der Waals surface area contributed by atoms with E-state index in [0.717, 1.165) is 5.69 Å². The Morgan fingerprint density at radius 3 is 2.44 bits per heavy atom. The second-order valence-corrected chi connectivity index (χ2v) is 6.58. The summed E-state index contributed by atoms with van der Waals surface area (Å²) >= 11 is 5.81. The van der Waals surface area contributed by atoms with Gasteiger partial charge in [0.2, 0.25) is 0 Å². The molecule has 16 heavy (non-hydrogen) atoms. The van der Waals surface area contributed by atoms with E-state index in [4.69, 9.17) is 17.3 Å². The van der Waals surface area contributed by atoms with Gasteiger partial charge in [0.1, 0.15) is 0 Å². The van der Waals surface area contributed by atoms with E-state index in [0.29, 0.717) is 23.8 Å². The van der Waals surface area contributed by atoms with Crippen LogP contribution < -0.4 is 10.6 Å². The lowest BCUT2D eigenvalue weighted by atomic mass is 10.2. The van der Waals surface area contributed by atoms with Gasteiger partial charge in [-0.05, 0) is 18.2 Å². The molecule has 1 heterocycles. The Balaban J connectivity index is 2.20. The smallest absolute Gasteiger partial charge is 0.153 e. The summed E-state index contributed by atoms with van der Waals surface area (Å²) in [5.74, 6) is 0.379. The molecule has 0 amide bonds. The Bertz CT molecular complexity index is 488. The van der Waals surface area contributed by atoms with Crippen molar-refractivity contribution in [3.8, 4) is 0 Å². The summed E-state index contributed by atoms with van der Waals surface area (Å²) in [7, 11) is -2.85. The number of halogens is 1. The van der Waals surface area contributed by atoms with Crippen LogP contribution in [0, 0.1) is 0 Å². The van der Waals surface area contributed by atoms with E-state index < -0.39 is 9.84 Å². The van der Waals surface area contributed by atoms with E-state index in [1.165, 1.54) is 0 Å². The van der Waals surface area contributed by atoms with E-state index in [9.17, 15) is 8.42 Å². The molecule has 0 spiro atoms. The van der Waals surface area contributed by atoms with Gasteiger partial charge in [-0.1, -0.05) is 11.6 Å². The van der Waals surface area contributed by atoms with Crippen molar-refractivity contribution in [2.24, 2.45) is 0 Å². The molecule has 0 aromatic heterocycles. The topological polar surface area (TPSA) is 63.4 Å². The fourth-order valence-electron chi connectivity index (χ4n) is 1.77. The first-order chi connectivity index (χ1) is 7.48. The van der Waals surface area contributed by atoms with Crippen molar-refractivity contribution in [2.45, 2.75) is 0 Å². The standard InChI is InChI=1S/C10H13ClN2O2S/c11-8-1-2-10(9(12)7-8)13-3-5-16(14,15)6-4-13/h1-2,7H,3-6,12H2. The molecular weight excluding hydrogens is 248 g/mol. The van der Waals surface area contributed by atoms with Gasteiger partial charge in [-0.15, -0.1) is 0 Å². The van der Waals surface area contributed by atoms with Gasteiger partial charge in [0.05, 0.1) is 22.9 Å². The predicted octanol–water partition coefficient (Wildman–Crippen LogP) is 1.16. The largest absolute Gasteiger partial charge is 0.397 e. The summed E-state index contributed by atoms with van der Waals surface area (Å²) < 4.78 is 22.6. The summed E-state index contributed by atoms with van der Waals surface area (Å²) in [4.78, 5) is 1.98. The fraction of sp³-hybridized carbons (Fsp3) is 0.400. The quantitative estimate of drug-likeness (QED) is 0.770. The molecule has 1 fully saturated rings. The zero-order valence-corrected chi connectivity index (χ0v) is 10.3. The molecule has 0 aliphatic carbocycles. The number of hydrogen-bond acceptors (Lipinski definition) is 4. The monoisotopic (exact) mass is 260 g/mol. The van der Waals surface area contributed by atoms with Crippen LogP contribution in [0.3, 0.4) is 0 Å². The van der Waals surface area contributed by atoms with E-state index in [1.54, 1.807) is 12.1 Å². The summed E-state index contributed by atoms with van der Waals surface area (Å²) in [6.07, 6.45) is 0.